The minimum atomic E-state index is -0.486. The van der Waals surface area contributed by atoms with Crippen LogP contribution in [0.2, 0.25) is 0 Å². The molecule has 0 unspecified atom stereocenters. The number of amides is 1. The molecule has 2 N–H and O–H groups in total. The molecule has 0 spiro atoms. The summed E-state index contributed by atoms with van der Waals surface area (Å²) in [5.74, 6) is 3.41. The van der Waals surface area contributed by atoms with Gasteiger partial charge in [-0.3, -0.25) is 4.79 Å². The first-order chi connectivity index (χ1) is 17.7. The van der Waals surface area contributed by atoms with Crippen LogP contribution in [0.3, 0.4) is 0 Å². The second-order valence-electron chi connectivity index (χ2n) is 10.4. The van der Waals surface area contributed by atoms with E-state index >= 15 is 0 Å². The zero-order valence-electron chi connectivity index (χ0n) is 21.0. The predicted molar refractivity (Wildman–Crippen MR) is 131 cm³/mol. The van der Waals surface area contributed by atoms with Crippen LogP contribution in [0.25, 0.3) is 11.2 Å². The summed E-state index contributed by atoms with van der Waals surface area (Å²) < 4.78 is 4.85. The Labute approximate surface area is 212 Å². The van der Waals surface area contributed by atoms with Gasteiger partial charge in [0, 0.05) is 44.3 Å². The molecular formula is C23H29N11O3. The number of β-amino-alcohol motifs (C(OH)–C–C–N with tert-alkyl or cyclic N) is 1. The van der Waals surface area contributed by atoms with E-state index in [1.54, 1.807) is 0 Å². The quantitative estimate of drug-likeness (QED) is 0.401. The maximum absolute atomic E-state index is 12.8. The largest absolute Gasteiger partial charge is 0.391 e. The van der Waals surface area contributed by atoms with Gasteiger partial charge in [-0.1, -0.05) is 25.9 Å². The summed E-state index contributed by atoms with van der Waals surface area (Å²) in [5, 5.41) is 37.8. The molecule has 5 heterocycles. The molecule has 1 atom stereocenters. The number of aromatic nitrogens is 7. The van der Waals surface area contributed by atoms with E-state index in [0.29, 0.717) is 68.1 Å². The van der Waals surface area contributed by atoms with Crippen LogP contribution in [0.15, 0.2) is 14.9 Å². The van der Waals surface area contributed by atoms with Crippen LogP contribution in [0, 0.1) is 12.3 Å². The normalized spacial score (nSPS) is 18.4. The highest BCUT2D eigenvalue weighted by Gasteiger charge is 2.38. The molecule has 1 saturated heterocycles. The van der Waals surface area contributed by atoms with Gasteiger partial charge in [0.1, 0.15) is 18.1 Å². The Bertz CT molecular complexity index is 1370. The first kappa shape index (κ1) is 24.7. The lowest BCUT2D eigenvalue weighted by atomic mass is 9.96. The molecular weight excluding hydrogens is 478 g/mol. The van der Waals surface area contributed by atoms with Crippen molar-refractivity contribution in [3.8, 4) is 12.3 Å². The Morgan fingerprint density at radius 3 is 2.73 bits per heavy atom. The first-order valence-electron chi connectivity index (χ1n) is 12.2. The SMILES string of the molecule is C#CCCC1(CCNC(=O)c2nonc2Cn2nc3nc(C(C)(C)C)nc(N4CC[C@H](O)C4)c3n2)N=N1. The summed E-state index contributed by atoms with van der Waals surface area (Å²) in [6.07, 6.45) is 7.34. The maximum atomic E-state index is 12.8. The van der Waals surface area contributed by atoms with Crippen LogP contribution >= 0.6 is 0 Å². The smallest absolute Gasteiger partial charge is 0.275 e. The molecule has 0 radical (unpaired) electrons. The highest BCUT2D eigenvalue weighted by molar-refractivity contribution is 5.93. The third-order valence-electron chi connectivity index (χ3n) is 6.33. The first-order valence-corrected chi connectivity index (χ1v) is 12.2. The molecule has 1 amide bonds. The van der Waals surface area contributed by atoms with Crippen molar-refractivity contribution in [3.05, 3.63) is 17.2 Å². The molecule has 0 aromatic carbocycles. The van der Waals surface area contributed by atoms with Crippen molar-refractivity contribution >= 4 is 22.9 Å². The summed E-state index contributed by atoms with van der Waals surface area (Å²) in [4.78, 5) is 25.6. The van der Waals surface area contributed by atoms with Gasteiger partial charge in [-0.2, -0.15) is 15.0 Å². The lowest BCUT2D eigenvalue weighted by Crippen LogP contribution is -2.29. The average Bonchev–Trinajstić information content (AvgIpc) is 3.19. The van der Waals surface area contributed by atoms with Crippen LogP contribution in [0.5, 0.6) is 0 Å². The summed E-state index contributed by atoms with van der Waals surface area (Å²) >= 11 is 0. The molecule has 2 aliphatic rings. The molecule has 3 aromatic heterocycles. The fourth-order valence-corrected chi connectivity index (χ4v) is 4.14. The van der Waals surface area contributed by atoms with Gasteiger partial charge in [0.05, 0.1) is 6.10 Å². The number of terminal acetylenes is 1. The average molecular weight is 508 g/mol. The molecule has 0 aliphatic carbocycles. The second-order valence-corrected chi connectivity index (χ2v) is 10.4. The van der Waals surface area contributed by atoms with E-state index in [4.69, 9.17) is 16.0 Å². The van der Waals surface area contributed by atoms with Crippen LogP contribution in [0.4, 0.5) is 5.82 Å². The number of aliphatic hydroxyl groups excluding tert-OH is 1. The van der Waals surface area contributed by atoms with Gasteiger partial charge in [0.15, 0.2) is 22.7 Å². The highest BCUT2D eigenvalue weighted by atomic mass is 16.6. The lowest BCUT2D eigenvalue weighted by molar-refractivity contribution is 0.0941. The number of nitrogens with one attached hydrogen (secondary N) is 1. The zero-order valence-corrected chi connectivity index (χ0v) is 21.0. The third kappa shape index (κ3) is 5.26. The number of aliphatic hydroxyl groups is 1. The van der Waals surface area contributed by atoms with E-state index in [2.05, 4.69) is 47.0 Å². The van der Waals surface area contributed by atoms with E-state index in [1.807, 2.05) is 25.7 Å². The summed E-state index contributed by atoms with van der Waals surface area (Å²) in [5.41, 5.74) is 0.467. The van der Waals surface area contributed by atoms with Crippen molar-refractivity contribution in [3.63, 3.8) is 0 Å². The molecule has 2 aliphatic heterocycles. The molecule has 0 saturated carbocycles. The van der Waals surface area contributed by atoms with Crippen molar-refractivity contribution < 1.29 is 14.5 Å². The second kappa shape index (κ2) is 9.47. The van der Waals surface area contributed by atoms with Gasteiger partial charge in [-0.05, 0) is 11.6 Å². The topological polar surface area (TPSA) is 173 Å². The van der Waals surface area contributed by atoms with E-state index in [1.165, 1.54) is 4.80 Å². The maximum Gasteiger partial charge on any atom is 0.275 e. The minimum Gasteiger partial charge on any atom is -0.391 e. The van der Waals surface area contributed by atoms with Crippen LogP contribution in [-0.2, 0) is 12.0 Å². The standard InChI is InChI=1S/C23H29N11O3/c1-5-6-8-23(31-32-23)9-10-24-20(36)16-15(29-37-30-16)13-34-27-17-18(28-34)25-21(22(2,3)4)26-19(17)33-11-7-14(35)12-33/h1,14,35H,6-13H2,2-4H3,(H,24,36)/t14-/m0/s1. The molecule has 14 heteroatoms. The number of hydrogen-bond donors (Lipinski definition) is 2. The Hall–Kier alpha value is -3.99. The van der Waals surface area contributed by atoms with Crippen LogP contribution < -0.4 is 10.2 Å². The number of hydrogen-bond acceptors (Lipinski definition) is 12. The summed E-state index contributed by atoms with van der Waals surface area (Å²) in [7, 11) is 0. The van der Waals surface area contributed by atoms with E-state index < -0.39 is 17.7 Å². The number of carbonyl (C=O) groups is 1. The minimum absolute atomic E-state index is 0.0479. The van der Waals surface area contributed by atoms with E-state index in [9.17, 15) is 9.90 Å². The number of rotatable bonds is 9. The number of nitrogens with zero attached hydrogens (tertiary/aromatic N) is 10. The molecule has 0 bridgehead atoms. The van der Waals surface area contributed by atoms with Gasteiger partial charge < -0.3 is 15.3 Å². The van der Waals surface area contributed by atoms with Gasteiger partial charge in [0.25, 0.3) is 5.91 Å². The number of carbonyl (C=O) groups excluding carboxylic acids is 1. The van der Waals surface area contributed by atoms with Crippen molar-refractivity contribution in [2.45, 2.75) is 70.2 Å². The zero-order chi connectivity index (χ0) is 26.2. The van der Waals surface area contributed by atoms with Gasteiger partial charge in [-0.25, -0.2) is 14.6 Å². The third-order valence-corrected chi connectivity index (χ3v) is 6.33. The monoisotopic (exact) mass is 507 g/mol. The van der Waals surface area contributed by atoms with Gasteiger partial charge in [-0.15, -0.1) is 22.5 Å². The fourth-order valence-electron chi connectivity index (χ4n) is 4.14. The number of anilines is 1. The fraction of sp³-hybridized carbons (Fsp3) is 0.609. The molecule has 14 nitrogen and oxygen atoms in total. The Kier molecular flexibility index (Phi) is 6.32. The van der Waals surface area contributed by atoms with E-state index in [0.717, 1.165) is 0 Å². The van der Waals surface area contributed by atoms with Gasteiger partial charge in [0.2, 0.25) is 5.65 Å². The van der Waals surface area contributed by atoms with Crippen molar-refractivity contribution in [2.75, 3.05) is 24.5 Å². The Balaban J connectivity index is 1.33. The van der Waals surface area contributed by atoms with Crippen molar-refractivity contribution in [1.82, 2.24) is 40.6 Å². The number of fused-ring (bicyclic) bond motifs is 1. The van der Waals surface area contributed by atoms with Gasteiger partial charge >= 0.3 is 0 Å². The summed E-state index contributed by atoms with van der Waals surface area (Å²) in [6.45, 7) is 7.59. The van der Waals surface area contributed by atoms with Crippen molar-refractivity contribution in [1.29, 1.82) is 0 Å². The molecule has 5 rings (SSSR count). The summed E-state index contributed by atoms with van der Waals surface area (Å²) in [6, 6.07) is 0. The molecule has 194 valence electrons. The molecule has 1 fully saturated rings. The van der Waals surface area contributed by atoms with E-state index in [-0.39, 0.29) is 23.3 Å². The van der Waals surface area contributed by atoms with Crippen LogP contribution in [-0.4, -0.2) is 77.7 Å². The van der Waals surface area contributed by atoms with Crippen molar-refractivity contribution in [2.24, 2.45) is 10.2 Å². The highest BCUT2D eigenvalue weighted by Crippen LogP contribution is 2.36. The Morgan fingerprint density at radius 2 is 2.05 bits per heavy atom. The predicted octanol–water partition coefficient (Wildman–Crippen LogP) is 1.22. The van der Waals surface area contributed by atoms with Crippen LogP contribution in [0.1, 0.15) is 68.5 Å². The molecule has 3 aromatic rings. The Morgan fingerprint density at radius 1 is 1.24 bits per heavy atom. The lowest BCUT2D eigenvalue weighted by Gasteiger charge is -2.21. The molecule has 37 heavy (non-hydrogen) atoms.